The minimum absolute atomic E-state index is 0.158. The van der Waals surface area contributed by atoms with Crippen molar-refractivity contribution in [1.82, 2.24) is 0 Å². The summed E-state index contributed by atoms with van der Waals surface area (Å²) in [6, 6.07) is 25.5. The van der Waals surface area contributed by atoms with Gasteiger partial charge in [-0.25, -0.2) is 0 Å². The lowest BCUT2D eigenvalue weighted by Crippen LogP contribution is -2.11. The van der Waals surface area contributed by atoms with Crippen molar-refractivity contribution in [3.8, 4) is 28.0 Å². The topological polar surface area (TPSA) is 32.6 Å². The molecule has 0 aliphatic heterocycles. The molecular weight excluding hydrogens is 426 g/mol. The number of phenolic OH excluding ortho intramolecular Hbond substituents is 1. The van der Waals surface area contributed by atoms with Gasteiger partial charge >= 0.3 is 0 Å². The molecule has 0 unspecified atom stereocenters. The number of aromatic hydroxyl groups is 1. The first-order valence-electron chi connectivity index (χ1n) is 12.2. The van der Waals surface area contributed by atoms with E-state index in [9.17, 15) is 5.11 Å². The van der Waals surface area contributed by atoms with E-state index in [2.05, 4.69) is 103 Å². The fourth-order valence-electron chi connectivity index (χ4n) is 4.81. The molecule has 1 N–H and O–H groups in total. The Hall–Kier alpha value is -3.65. The lowest BCUT2D eigenvalue weighted by molar-refractivity contribution is 0.446. The lowest BCUT2D eigenvalue weighted by Gasteiger charge is -2.21. The van der Waals surface area contributed by atoms with E-state index < -0.39 is 0 Å². The Balaban J connectivity index is 1.95. The standard InChI is InChI=1S/C33H35NO/c1-21-14-22(2)17-26(16-21)28-11-9-12-29(27-18-23(3)15-24(4)19-27)31(28)34-20-25-10-8-13-30(32(25)35)33(5,6)7/h8-20,35H,1-7H3. The molecule has 0 spiro atoms. The molecule has 0 heterocycles. The molecule has 35 heavy (non-hydrogen) atoms. The monoisotopic (exact) mass is 461 g/mol. The van der Waals surface area contributed by atoms with Gasteiger partial charge in [0.2, 0.25) is 0 Å². The summed E-state index contributed by atoms with van der Waals surface area (Å²) in [5, 5.41) is 11.0. The Kier molecular flexibility index (Phi) is 6.67. The smallest absolute Gasteiger partial charge is 0.128 e. The van der Waals surface area contributed by atoms with E-state index in [-0.39, 0.29) is 5.41 Å². The number of hydrogen-bond acceptors (Lipinski definition) is 2. The highest BCUT2D eigenvalue weighted by molar-refractivity contribution is 5.94. The molecule has 4 aromatic rings. The minimum Gasteiger partial charge on any atom is -0.507 e. The number of hydrogen-bond donors (Lipinski definition) is 1. The van der Waals surface area contributed by atoms with Crippen LogP contribution in [0.4, 0.5) is 5.69 Å². The van der Waals surface area contributed by atoms with Gasteiger partial charge in [0.15, 0.2) is 0 Å². The van der Waals surface area contributed by atoms with Gasteiger partial charge in [-0.15, -0.1) is 0 Å². The second kappa shape index (κ2) is 9.54. The third-order valence-electron chi connectivity index (χ3n) is 6.31. The largest absolute Gasteiger partial charge is 0.507 e. The van der Waals surface area contributed by atoms with Gasteiger partial charge < -0.3 is 5.11 Å². The van der Waals surface area contributed by atoms with Crippen LogP contribution in [0.25, 0.3) is 22.3 Å². The van der Waals surface area contributed by atoms with Gasteiger partial charge in [0, 0.05) is 22.9 Å². The van der Waals surface area contributed by atoms with Crippen molar-refractivity contribution in [3.05, 3.63) is 106 Å². The van der Waals surface area contributed by atoms with Crippen LogP contribution >= 0.6 is 0 Å². The predicted molar refractivity (Wildman–Crippen MR) is 150 cm³/mol. The Bertz CT molecular complexity index is 1310. The number of rotatable bonds is 4. The number of benzene rings is 4. The van der Waals surface area contributed by atoms with Gasteiger partial charge in [-0.1, -0.05) is 110 Å². The minimum atomic E-state index is -0.158. The van der Waals surface area contributed by atoms with Crippen LogP contribution in [0.1, 0.15) is 54.2 Å². The van der Waals surface area contributed by atoms with Crippen LogP contribution in [0.5, 0.6) is 5.75 Å². The molecule has 4 aromatic carbocycles. The van der Waals surface area contributed by atoms with Gasteiger partial charge in [0.05, 0.1) is 5.69 Å². The maximum atomic E-state index is 11.0. The Labute approximate surface area is 210 Å². The highest BCUT2D eigenvalue weighted by Gasteiger charge is 2.19. The van der Waals surface area contributed by atoms with Crippen molar-refractivity contribution >= 4 is 11.9 Å². The van der Waals surface area contributed by atoms with Gasteiger partial charge in [-0.2, -0.15) is 0 Å². The number of phenols is 1. The highest BCUT2D eigenvalue weighted by atomic mass is 16.3. The van der Waals surface area contributed by atoms with Crippen molar-refractivity contribution in [3.63, 3.8) is 0 Å². The summed E-state index contributed by atoms with van der Waals surface area (Å²) in [5.41, 5.74) is 11.7. The predicted octanol–water partition coefficient (Wildman–Crippen LogP) is 9.01. The molecule has 0 amide bonds. The SMILES string of the molecule is Cc1cc(C)cc(-c2cccc(-c3cc(C)cc(C)c3)c2N=Cc2cccc(C(C)(C)C)c2O)c1. The molecule has 178 valence electrons. The van der Waals surface area contributed by atoms with Crippen molar-refractivity contribution in [1.29, 1.82) is 0 Å². The number of para-hydroxylation sites is 2. The Morgan fingerprint density at radius 1 is 0.657 bits per heavy atom. The molecule has 0 aromatic heterocycles. The van der Waals surface area contributed by atoms with Crippen molar-refractivity contribution in [2.45, 2.75) is 53.9 Å². The van der Waals surface area contributed by atoms with E-state index in [1.54, 1.807) is 6.21 Å². The molecule has 0 aliphatic rings. The normalized spacial score (nSPS) is 11.9. The van der Waals surface area contributed by atoms with Crippen molar-refractivity contribution in [2.24, 2.45) is 4.99 Å². The zero-order chi connectivity index (χ0) is 25.3. The molecule has 0 aliphatic carbocycles. The summed E-state index contributed by atoms with van der Waals surface area (Å²) in [6.45, 7) is 14.8. The molecular formula is C33H35NO. The molecule has 0 atom stereocenters. The summed E-state index contributed by atoms with van der Waals surface area (Å²) in [7, 11) is 0. The quantitative estimate of drug-likeness (QED) is 0.302. The molecule has 0 saturated carbocycles. The summed E-state index contributed by atoms with van der Waals surface area (Å²) in [6.07, 6.45) is 1.80. The van der Waals surface area contributed by atoms with Crippen LogP contribution in [0, 0.1) is 27.7 Å². The van der Waals surface area contributed by atoms with Crippen LogP contribution in [-0.4, -0.2) is 11.3 Å². The summed E-state index contributed by atoms with van der Waals surface area (Å²) in [5.74, 6) is 0.292. The van der Waals surface area contributed by atoms with Gasteiger partial charge in [-0.05, 0) is 55.9 Å². The first-order chi connectivity index (χ1) is 16.5. The first kappa shape index (κ1) is 24.5. The van der Waals surface area contributed by atoms with Crippen LogP contribution < -0.4 is 0 Å². The average Bonchev–Trinajstić information content (AvgIpc) is 2.76. The zero-order valence-corrected chi connectivity index (χ0v) is 21.9. The molecule has 0 fully saturated rings. The third-order valence-corrected chi connectivity index (χ3v) is 6.31. The molecule has 0 radical (unpaired) electrons. The number of aliphatic imine (C=N–C) groups is 1. The van der Waals surface area contributed by atoms with Crippen molar-refractivity contribution < 1.29 is 5.11 Å². The number of aryl methyl sites for hydroxylation is 4. The van der Waals surface area contributed by atoms with Crippen LogP contribution in [-0.2, 0) is 5.41 Å². The van der Waals surface area contributed by atoms with E-state index in [0.717, 1.165) is 39.1 Å². The van der Waals surface area contributed by atoms with E-state index in [1.807, 2.05) is 18.2 Å². The first-order valence-corrected chi connectivity index (χ1v) is 12.2. The van der Waals surface area contributed by atoms with Gasteiger partial charge in [0.25, 0.3) is 0 Å². The van der Waals surface area contributed by atoms with E-state index in [0.29, 0.717) is 5.75 Å². The molecule has 4 rings (SSSR count). The van der Waals surface area contributed by atoms with Gasteiger partial charge in [-0.3, -0.25) is 4.99 Å². The van der Waals surface area contributed by atoms with E-state index in [4.69, 9.17) is 4.99 Å². The summed E-state index contributed by atoms with van der Waals surface area (Å²) < 4.78 is 0. The lowest BCUT2D eigenvalue weighted by atomic mass is 9.85. The highest BCUT2D eigenvalue weighted by Crippen LogP contribution is 2.41. The maximum absolute atomic E-state index is 11.0. The van der Waals surface area contributed by atoms with Crippen LogP contribution in [0.3, 0.4) is 0 Å². The summed E-state index contributed by atoms with van der Waals surface area (Å²) in [4.78, 5) is 5.05. The molecule has 0 bridgehead atoms. The van der Waals surface area contributed by atoms with Crippen LogP contribution in [0.2, 0.25) is 0 Å². The van der Waals surface area contributed by atoms with E-state index >= 15 is 0 Å². The second-order valence-corrected chi connectivity index (χ2v) is 10.7. The third kappa shape index (κ3) is 5.38. The second-order valence-electron chi connectivity index (χ2n) is 10.7. The fraction of sp³-hybridized carbons (Fsp3) is 0.242. The maximum Gasteiger partial charge on any atom is 0.128 e. The fourth-order valence-corrected chi connectivity index (χ4v) is 4.81. The van der Waals surface area contributed by atoms with Crippen LogP contribution in [0.15, 0.2) is 77.8 Å². The molecule has 2 heteroatoms. The van der Waals surface area contributed by atoms with Gasteiger partial charge in [0.1, 0.15) is 5.75 Å². The zero-order valence-electron chi connectivity index (χ0n) is 21.9. The Morgan fingerprint density at radius 3 is 1.57 bits per heavy atom. The van der Waals surface area contributed by atoms with Crippen molar-refractivity contribution in [2.75, 3.05) is 0 Å². The average molecular weight is 462 g/mol. The van der Waals surface area contributed by atoms with E-state index in [1.165, 1.54) is 22.3 Å². The summed E-state index contributed by atoms with van der Waals surface area (Å²) >= 11 is 0. The molecule has 2 nitrogen and oxygen atoms in total. The number of nitrogens with zero attached hydrogens (tertiary/aromatic N) is 1. The Morgan fingerprint density at radius 2 is 1.11 bits per heavy atom. The molecule has 0 saturated heterocycles.